The Balaban J connectivity index is 1.47. The Morgan fingerprint density at radius 2 is 1.55 bits per heavy atom. The van der Waals surface area contributed by atoms with E-state index in [1.54, 1.807) is 28.9 Å². The first kappa shape index (κ1) is 23.7. The molecule has 1 heterocycles. The molecule has 2 amide bonds. The van der Waals surface area contributed by atoms with E-state index in [1.165, 1.54) is 0 Å². The summed E-state index contributed by atoms with van der Waals surface area (Å²) in [5, 5.41) is 9.67. The number of esters is 1. The molecule has 3 aromatic rings. The molecule has 0 spiro atoms. The molecule has 0 fully saturated rings. The molecule has 0 saturated carbocycles. The van der Waals surface area contributed by atoms with Crippen LogP contribution in [0.3, 0.4) is 0 Å². The first-order chi connectivity index (χ1) is 15.6. The maximum absolute atomic E-state index is 12.2. The summed E-state index contributed by atoms with van der Waals surface area (Å²) >= 11 is 0. The molecular formula is C25H28N4O4. The maximum Gasteiger partial charge on any atom is 0.338 e. The SMILES string of the molecule is Cc1cc(C)c(NC(=O)CNC(=O)COC(=O)c2ccc(-n3nc(C)cc3C)cc2)c(C)c1. The van der Waals surface area contributed by atoms with E-state index in [1.807, 2.05) is 52.8 Å². The molecule has 0 aliphatic heterocycles. The average molecular weight is 449 g/mol. The summed E-state index contributed by atoms with van der Waals surface area (Å²) in [5.74, 6) is -1.54. The zero-order valence-corrected chi connectivity index (χ0v) is 19.5. The standard InChI is InChI=1S/C25H28N4O4/c1-15-10-16(2)24(17(3)11-15)27-22(30)13-26-23(31)14-33-25(32)20-6-8-21(9-7-20)29-19(5)12-18(4)28-29/h6-12H,13-14H2,1-5H3,(H,26,31)(H,27,30). The third kappa shape index (κ3) is 6.06. The summed E-state index contributed by atoms with van der Waals surface area (Å²) in [5.41, 5.74) is 6.76. The number of rotatable bonds is 7. The maximum atomic E-state index is 12.2. The van der Waals surface area contributed by atoms with Crippen molar-refractivity contribution in [3.8, 4) is 5.69 Å². The number of carbonyl (C=O) groups excluding carboxylic acids is 3. The number of amides is 2. The van der Waals surface area contributed by atoms with Crippen LogP contribution in [0.2, 0.25) is 0 Å². The molecule has 172 valence electrons. The molecule has 0 radical (unpaired) electrons. The molecule has 0 unspecified atom stereocenters. The van der Waals surface area contributed by atoms with Gasteiger partial charge in [0.15, 0.2) is 6.61 Å². The number of carbonyl (C=O) groups is 3. The normalized spacial score (nSPS) is 10.6. The van der Waals surface area contributed by atoms with Crippen molar-refractivity contribution in [3.63, 3.8) is 0 Å². The largest absolute Gasteiger partial charge is 0.452 e. The molecule has 0 aliphatic rings. The predicted octanol–water partition coefficient (Wildman–Crippen LogP) is 3.33. The minimum atomic E-state index is -0.625. The molecule has 8 nitrogen and oxygen atoms in total. The fourth-order valence-electron chi connectivity index (χ4n) is 3.63. The van der Waals surface area contributed by atoms with Gasteiger partial charge in [0.1, 0.15) is 0 Å². The zero-order chi connectivity index (χ0) is 24.1. The first-order valence-electron chi connectivity index (χ1n) is 10.6. The van der Waals surface area contributed by atoms with Crippen LogP contribution in [0.1, 0.15) is 38.4 Å². The summed E-state index contributed by atoms with van der Waals surface area (Å²) in [6.45, 7) is 8.98. The second-order valence-corrected chi connectivity index (χ2v) is 8.06. The summed E-state index contributed by atoms with van der Waals surface area (Å²) < 4.78 is 6.84. The van der Waals surface area contributed by atoms with Gasteiger partial charge in [0.25, 0.3) is 5.91 Å². The van der Waals surface area contributed by atoms with Crippen molar-refractivity contribution in [1.29, 1.82) is 0 Å². The van der Waals surface area contributed by atoms with Crippen molar-refractivity contribution >= 4 is 23.5 Å². The summed E-state index contributed by atoms with van der Waals surface area (Å²) in [6, 6.07) is 12.7. The number of benzene rings is 2. The molecule has 1 aromatic heterocycles. The van der Waals surface area contributed by atoms with Crippen molar-refractivity contribution in [2.75, 3.05) is 18.5 Å². The smallest absolute Gasteiger partial charge is 0.338 e. The summed E-state index contributed by atoms with van der Waals surface area (Å²) in [4.78, 5) is 36.5. The van der Waals surface area contributed by atoms with Crippen molar-refractivity contribution < 1.29 is 19.1 Å². The molecule has 2 N–H and O–H groups in total. The number of aryl methyl sites for hydroxylation is 5. The van der Waals surface area contributed by atoms with Gasteiger partial charge in [-0.1, -0.05) is 17.7 Å². The lowest BCUT2D eigenvalue weighted by Crippen LogP contribution is -2.35. The lowest BCUT2D eigenvalue weighted by Gasteiger charge is -2.13. The number of nitrogens with one attached hydrogen (secondary N) is 2. The molecule has 0 atom stereocenters. The molecule has 2 aromatic carbocycles. The van der Waals surface area contributed by atoms with Gasteiger partial charge < -0.3 is 15.4 Å². The topological polar surface area (TPSA) is 102 Å². The Hall–Kier alpha value is -3.94. The quantitative estimate of drug-likeness (QED) is 0.540. The zero-order valence-electron chi connectivity index (χ0n) is 19.5. The molecule has 3 rings (SSSR count). The highest BCUT2D eigenvalue weighted by molar-refractivity contribution is 5.96. The van der Waals surface area contributed by atoms with Crippen LogP contribution in [0, 0.1) is 34.6 Å². The van der Waals surface area contributed by atoms with Gasteiger partial charge in [-0.25, -0.2) is 9.48 Å². The Kier molecular flexibility index (Phi) is 7.27. The van der Waals surface area contributed by atoms with E-state index >= 15 is 0 Å². The van der Waals surface area contributed by atoms with Crippen LogP contribution in [0.4, 0.5) is 5.69 Å². The van der Waals surface area contributed by atoms with Crippen LogP contribution in [0.5, 0.6) is 0 Å². The lowest BCUT2D eigenvalue weighted by atomic mass is 10.1. The van der Waals surface area contributed by atoms with Gasteiger partial charge in [0, 0.05) is 11.4 Å². The van der Waals surface area contributed by atoms with Crippen LogP contribution in [-0.2, 0) is 14.3 Å². The Bertz CT molecular complexity index is 1170. The van der Waals surface area contributed by atoms with Crippen LogP contribution in [-0.4, -0.2) is 40.7 Å². The Morgan fingerprint density at radius 1 is 0.909 bits per heavy atom. The number of anilines is 1. The third-order valence-corrected chi connectivity index (χ3v) is 5.08. The number of ether oxygens (including phenoxy) is 1. The molecule has 0 aliphatic carbocycles. The van der Waals surface area contributed by atoms with Crippen molar-refractivity contribution in [2.45, 2.75) is 34.6 Å². The van der Waals surface area contributed by atoms with Gasteiger partial charge in [0.05, 0.1) is 23.5 Å². The van der Waals surface area contributed by atoms with Gasteiger partial charge in [0.2, 0.25) is 5.91 Å². The van der Waals surface area contributed by atoms with Crippen molar-refractivity contribution in [2.24, 2.45) is 0 Å². The van der Waals surface area contributed by atoms with E-state index < -0.39 is 18.5 Å². The molecular weight excluding hydrogens is 420 g/mol. The van der Waals surface area contributed by atoms with Crippen LogP contribution in [0.25, 0.3) is 5.69 Å². The second kappa shape index (κ2) is 10.1. The van der Waals surface area contributed by atoms with Gasteiger partial charge in [-0.05, 0) is 76.1 Å². The summed E-state index contributed by atoms with van der Waals surface area (Å²) in [7, 11) is 0. The fourth-order valence-corrected chi connectivity index (χ4v) is 3.63. The number of aromatic nitrogens is 2. The monoisotopic (exact) mass is 448 g/mol. The van der Waals surface area contributed by atoms with E-state index in [4.69, 9.17) is 4.74 Å². The van der Waals surface area contributed by atoms with Crippen molar-refractivity contribution in [3.05, 3.63) is 76.1 Å². The van der Waals surface area contributed by atoms with E-state index in [0.29, 0.717) is 5.56 Å². The number of nitrogens with zero attached hydrogens (tertiary/aromatic N) is 2. The first-order valence-corrected chi connectivity index (χ1v) is 10.6. The molecule has 33 heavy (non-hydrogen) atoms. The van der Waals surface area contributed by atoms with E-state index in [-0.39, 0.29) is 12.5 Å². The summed E-state index contributed by atoms with van der Waals surface area (Å²) in [6.07, 6.45) is 0. The Labute approximate surface area is 193 Å². The number of hydrogen-bond donors (Lipinski definition) is 2. The predicted molar refractivity (Wildman–Crippen MR) is 126 cm³/mol. The molecule has 0 saturated heterocycles. The van der Waals surface area contributed by atoms with E-state index in [9.17, 15) is 14.4 Å². The Morgan fingerprint density at radius 3 is 2.12 bits per heavy atom. The second-order valence-electron chi connectivity index (χ2n) is 8.06. The molecule has 8 heteroatoms. The van der Waals surface area contributed by atoms with Crippen LogP contribution < -0.4 is 10.6 Å². The van der Waals surface area contributed by atoms with Gasteiger partial charge >= 0.3 is 5.97 Å². The lowest BCUT2D eigenvalue weighted by molar-refractivity contribution is -0.126. The van der Waals surface area contributed by atoms with E-state index in [2.05, 4.69) is 15.7 Å². The van der Waals surface area contributed by atoms with Gasteiger partial charge in [-0.2, -0.15) is 5.10 Å². The fraction of sp³-hybridized carbons (Fsp3) is 0.280. The minimum Gasteiger partial charge on any atom is -0.452 e. The van der Waals surface area contributed by atoms with E-state index in [0.717, 1.165) is 39.5 Å². The van der Waals surface area contributed by atoms with Gasteiger partial charge in [-0.15, -0.1) is 0 Å². The molecule has 0 bridgehead atoms. The highest BCUT2D eigenvalue weighted by atomic mass is 16.5. The third-order valence-electron chi connectivity index (χ3n) is 5.08. The highest BCUT2D eigenvalue weighted by Crippen LogP contribution is 2.21. The van der Waals surface area contributed by atoms with Crippen LogP contribution in [0.15, 0.2) is 42.5 Å². The average Bonchev–Trinajstić information content (AvgIpc) is 3.11. The van der Waals surface area contributed by atoms with Crippen LogP contribution >= 0.6 is 0 Å². The van der Waals surface area contributed by atoms with Gasteiger partial charge in [-0.3, -0.25) is 9.59 Å². The van der Waals surface area contributed by atoms with Crippen molar-refractivity contribution in [1.82, 2.24) is 15.1 Å². The minimum absolute atomic E-state index is 0.222. The highest BCUT2D eigenvalue weighted by Gasteiger charge is 2.13. The number of hydrogen-bond acceptors (Lipinski definition) is 5.